The molecule has 0 radical (unpaired) electrons. The SMILES string of the molecule is CC(Oc1cccc(Cl)c1)C(=O)NC(C)(CO)CO. The average Bonchev–Trinajstić information content (AvgIpc) is 2.38. The molecule has 0 fully saturated rings. The van der Waals surface area contributed by atoms with Crippen LogP contribution in [-0.4, -0.2) is 41.0 Å². The summed E-state index contributed by atoms with van der Waals surface area (Å²) in [4.78, 5) is 11.9. The number of hydrogen-bond acceptors (Lipinski definition) is 4. The second-order valence-electron chi connectivity index (χ2n) is 4.58. The zero-order valence-corrected chi connectivity index (χ0v) is 11.6. The molecule has 0 aliphatic carbocycles. The predicted molar refractivity (Wildman–Crippen MR) is 72.3 cm³/mol. The number of carbonyl (C=O) groups excluding carboxylic acids is 1. The molecule has 0 saturated heterocycles. The van der Waals surface area contributed by atoms with Crippen LogP contribution in [-0.2, 0) is 4.79 Å². The Morgan fingerprint density at radius 2 is 2.11 bits per heavy atom. The highest BCUT2D eigenvalue weighted by Crippen LogP contribution is 2.18. The number of aliphatic hydroxyl groups excluding tert-OH is 2. The van der Waals surface area contributed by atoms with E-state index in [0.717, 1.165) is 0 Å². The van der Waals surface area contributed by atoms with Gasteiger partial charge in [-0.25, -0.2) is 0 Å². The lowest BCUT2D eigenvalue weighted by Crippen LogP contribution is -2.54. The highest BCUT2D eigenvalue weighted by Gasteiger charge is 2.27. The number of nitrogens with one attached hydrogen (secondary N) is 1. The molecule has 5 nitrogen and oxygen atoms in total. The third-order valence-corrected chi connectivity index (χ3v) is 2.84. The number of ether oxygens (including phenoxy) is 1. The molecule has 0 aliphatic heterocycles. The molecule has 6 heteroatoms. The largest absolute Gasteiger partial charge is 0.481 e. The molecule has 3 N–H and O–H groups in total. The fourth-order valence-electron chi connectivity index (χ4n) is 1.33. The van der Waals surface area contributed by atoms with Gasteiger partial charge in [0.1, 0.15) is 5.75 Å². The highest BCUT2D eigenvalue weighted by atomic mass is 35.5. The standard InChI is InChI=1S/C13H18ClNO4/c1-9(12(18)15-13(2,7-16)8-17)19-11-5-3-4-10(14)6-11/h3-6,9,16-17H,7-8H2,1-2H3,(H,15,18). The Balaban J connectivity index is 2.63. The molecule has 1 unspecified atom stereocenters. The monoisotopic (exact) mass is 287 g/mol. The first-order chi connectivity index (χ1) is 8.90. The van der Waals surface area contributed by atoms with Gasteiger partial charge in [0, 0.05) is 5.02 Å². The first-order valence-corrected chi connectivity index (χ1v) is 6.24. The molecule has 1 rings (SSSR count). The Bertz CT molecular complexity index is 434. The van der Waals surface area contributed by atoms with Gasteiger partial charge in [-0.05, 0) is 32.0 Å². The molecule has 0 bridgehead atoms. The van der Waals surface area contributed by atoms with E-state index in [0.29, 0.717) is 10.8 Å². The average molecular weight is 288 g/mol. The molecule has 0 aliphatic rings. The summed E-state index contributed by atoms with van der Waals surface area (Å²) in [6.45, 7) is 2.39. The molecular weight excluding hydrogens is 270 g/mol. The normalized spacial score (nSPS) is 12.9. The maximum absolute atomic E-state index is 11.9. The van der Waals surface area contributed by atoms with Crippen LogP contribution in [0.3, 0.4) is 0 Å². The van der Waals surface area contributed by atoms with Crippen molar-refractivity contribution in [1.29, 1.82) is 0 Å². The molecule has 1 amide bonds. The van der Waals surface area contributed by atoms with E-state index in [2.05, 4.69) is 5.32 Å². The third-order valence-electron chi connectivity index (χ3n) is 2.60. The van der Waals surface area contributed by atoms with E-state index in [1.807, 2.05) is 0 Å². The van der Waals surface area contributed by atoms with E-state index in [-0.39, 0.29) is 13.2 Å². The smallest absolute Gasteiger partial charge is 0.261 e. The van der Waals surface area contributed by atoms with Gasteiger partial charge in [0.05, 0.1) is 18.8 Å². The van der Waals surface area contributed by atoms with Gasteiger partial charge in [-0.2, -0.15) is 0 Å². The summed E-state index contributed by atoms with van der Waals surface area (Å²) in [5.74, 6) is 0.0513. The minimum Gasteiger partial charge on any atom is -0.481 e. The van der Waals surface area contributed by atoms with Crippen molar-refractivity contribution >= 4 is 17.5 Å². The van der Waals surface area contributed by atoms with Crippen LogP contribution in [0.4, 0.5) is 0 Å². The summed E-state index contributed by atoms with van der Waals surface area (Å²) >= 11 is 5.81. The van der Waals surface area contributed by atoms with Crippen molar-refractivity contribution in [2.24, 2.45) is 0 Å². The second kappa shape index (κ2) is 6.75. The quantitative estimate of drug-likeness (QED) is 0.728. The van der Waals surface area contributed by atoms with Gasteiger partial charge in [0.25, 0.3) is 5.91 Å². The van der Waals surface area contributed by atoms with E-state index in [1.54, 1.807) is 31.2 Å². The highest BCUT2D eigenvalue weighted by molar-refractivity contribution is 6.30. The van der Waals surface area contributed by atoms with Crippen molar-refractivity contribution < 1.29 is 19.7 Å². The summed E-state index contributed by atoms with van der Waals surface area (Å²) in [5, 5.41) is 21.3. The maximum Gasteiger partial charge on any atom is 0.261 e. The minimum atomic E-state index is -1.07. The number of aliphatic hydroxyl groups is 2. The summed E-state index contributed by atoms with van der Waals surface area (Å²) in [5.41, 5.74) is -1.07. The van der Waals surface area contributed by atoms with Crippen molar-refractivity contribution in [2.75, 3.05) is 13.2 Å². The molecule has 1 aromatic rings. The molecular formula is C13H18ClNO4. The molecule has 19 heavy (non-hydrogen) atoms. The topological polar surface area (TPSA) is 78.8 Å². The number of carbonyl (C=O) groups is 1. The lowest BCUT2D eigenvalue weighted by molar-refractivity contribution is -0.130. The number of benzene rings is 1. The van der Waals surface area contributed by atoms with E-state index >= 15 is 0 Å². The van der Waals surface area contributed by atoms with E-state index < -0.39 is 17.6 Å². The Morgan fingerprint density at radius 1 is 1.47 bits per heavy atom. The molecule has 0 aromatic heterocycles. The molecule has 0 spiro atoms. The van der Waals surface area contributed by atoms with Crippen molar-refractivity contribution in [3.63, 3.8) is 0 Å². The third kappa shape index (κ3) is 4.70. The van der Waals surface area contributed by atoms with Crippen molar-refractivity contribution in [3.05, 3.63) is 29.3 Å². The summed E-state index contributed by atoms with van der Waals surface area (Å²) in [7, 11) is 0. The molecule has 0 heterocycles. The van der Waals surface area contributed by atoms with Gasteiger partial charge >= 0.3 is 0 Å². The number of hydrogen-bond donors (Lipinski definition) is 3. The fourth-order valence-corrected chi connectivity index (χ4v) is 1.51. The van der Waals surface area contributed by atoms with E-state index in [9.17, 15) is 4.79 Å². The van der Waals surface area contributed by atoms with Gasteiger partial charge in [0.15, 0.2) is 6.10 Å². The van der Waals surface area contributed by atoms with E-state index in [4.69, 9.17) is 26.6 Å². The van der Waals surface area contributed by atoms with Crippen LogP contribution in [0.25, 0.3) is 0 Å². The van der Waals surface area contributed by atoms with Gasteiger partial charge in [0.2, 0.25) is 0 Å². The minimum absolute atomic E-state index is 0.362. The van der Waals surface area contributed by atoms with Crippen molar-refractivity contribution in [1.82, 2.24) is 5.32 Å². The Morgan fingerprint density at radius 3 is 2.63 bits per heavy atom. The molecule has 1 atom stereocenters. The lowest BCUT2D eigenvalue weighted by Gasteiger charge is -2.27. The van der Waals surface area contributed by atoms with Crippen LogP contribution < -0.4 is 10.1 Å². The number of amides is 1. The Hall–Kier alpha value is -1.30. The number of rotatable bonds is 6. The summed E-state index contributed by atoms with van der Waals surface area (Å²) in [6.07, 6.45) is -0.768. The first kappa shape index (κ1) is 15.8. The van der Waals surface area contributed by atoms with E-state index in [1.165, 1.54) is 6.92 Å². The first-order valence-electron chi connectivity index (χ1n) is 5.86. The maximum atomic E-state index is 11.9. The van der Waals surface area contributed by atoms with Crippen LogP contribution in [0.5, 0.6) is 5.75 Å². The summed E-state index contributed by atoms with van der Waals surface area (Å²) in [6, 6.07) is 6.71. The zero-order valence-electron chi connectivity index (χ0n) is 10.9. The fraction of sp³-hybridized carbons (Fsp3) is 0.462. The van der Waals surface area contributed by atoms with Crippen LogP contribution in [0.1, 0.15) is 13.8 Å². The van der Waals surface area contributed by atoms with Crippen LogP contribution in [0, 0.1) is 0 Å². The van der Waals surface area contributed by atoms with Crippen LogP contribution >= 0.6 is 11.6 Å². The lowest BCUT2D eigenvalue weighted by atomic mass is 10.1. The molecule has 0 saturated carbocycles. The molecule has 1 aromatic carbocycles. The molecule has 106 valence electrons. The van der Waals surface area contributed by atoms with Crippen molar-refractivity contribution in [3.8, 4) is 5.75 Å². The predicted octanol–water partition coefficient (Wildman–Crippen LogP) is 0.967. The second-order valence-corrected chi connectivity index (χ2v) is 5.02. The van der Waals surface area contributed by atoms with Crippen LogP contribution in [0.2, 0.25) is 5.02 Å². The van der Waals surface area contributed by atoms with Gasteiger partial charge < -0.3 is 20.3 Å². The summed E-state index contributed by atoms with van der Waals surface area (Å²) < 4.78 is 5.43. The van der Waals surface area contributed by atoms with Gasteiger partial charge in [-0.15, -0.1) is 0 Å². The van der Waals surface area contributed by atoms with Crippen LogP contribution in [0.15, 0.2) is 24.3 Å². The zero-order chi connectivity index (χ0) is 14.5. The number of halogens is 1. The Labute approximate surface area is 117 Å². The van der Waals surface area contributed by atoms with Gasteiger partial charge in [-0.3, -0.25) is 4.79 Å². The van der Waals surface area contributed by atoms with Crippen molar-refractivity contribution in [2.45, 2.75) is 25.5 Å². The Kier molecular flexibility index (Phi) is 5.60. The van der Waals surface area contributed by atoms with Gasteiger partial charge in [-0.1, -0.05) is 17.7 Å².